The average molecular weight is 420 g/mol. The standard InChI is InChI=1S/C24H25FN4O2/c1-27-19-11-17(10-18(25)13-19)15-4-5-16-14-23(8-6-20(30-3)7-9-23)24(21(16)12-15)28-22(26)29(2)31-24/h4-5,10-13,20H,6-9,14H2,2-3H3,(H2,26,28). The molecule has 0 saturated heterocycles. The molecule has 0 radical (unpaired) electrons. The lowest BCUT2D eigenvalue weighted by molar-refractivity contribution is -0.232. The Hall–Kier alpha value is -2.95. The Bertz CT molecular complexity index is 1120. The van der Waals surface area contributed by atoms with E-state index in [2.05, 4.69) is 10.9 Å². The number of hydroxylamine groups is 2. The zero-order valence-corrected chi connectivity index (χ0v) is 17.7. The third-order valence-electron chi connectivity index (χ3n) is 7.15. The molecular weight excluding hydrogens is 395 g/mol. The highest BCUT2D eigenvalue weighted by Crippen LogP contribution is 2.62. The van der Waals surface area contributed by atoms with Gasteiger partial charge in [-0.3, -0.25) is 0 Å². The van der Waals surface area contributed by atoms with Gasteiger partial charge >= 0.3 is 0 Å². The summed E-state index contributed by atoms with van der Waals surface area (Å²) in [4.78, 5) is 14.7. The smallest absolute Gasteiger partial charge is 0.220 e. The molecule has 1 fully saturated rings. The number of guanidine groups is 1. The molecule has 6 nitrogen and oxygen atoms in total. The number of benzene rings is 2. The van der Waals surface area contributed by atoms with Gasteiger partial charge in [0.1, 0.15) is 5.82 Å². The van der Waals surface area contributed by atoms with E-state index in [1.807, 2.05) is 12.1 Å². The predicted molar refractivity (Wildman–Crippen MR) is 116 cm³/mol. The number of rotatable bonds is 2. The number of aliphatic imine (C=N–C) groups is 1. The number of fused-ring (bicyclic) bond motifs is 3. The second kappa shape index (κ2) is 7.04. The Morgan fingerprint density at radius 3 is 2.65 bits per heavy atom. The maximum Gasteiger partial charge on any atom is 0.220 e. The lowest BCUT2D eigenvalue weighted by Crippen LogP contribution is -2.46. The monoisotopic (exact) mass is 420 g/mol. The quantitative estimate of drug-likeness (QED) is 0.726. The van der Waals surface area contributed by atoms with Gasteiger partial charge in [-0.15, -0.1) is 0 Å². The minimum atomic E-state index is -0.897. The summed E-state index contributed by atoms with van der Waals surface area (Å²) in [5, 5.41) is 1.55. The topological polar surface area (TPSA) is 64.4 Å². The summed E-state index contributed by atoms with van der Waals surface area (Å²) in [6.45, 7) is 7.25. The van der Waals surface area contributed by atoms with Crippen molar-refractivity contribution in [1.82, 2.24) is 5.06 Å². The van der Waals surface area contributed by atoms with Gasteiger partial charge in [-0.25, -0.2) is 24.1 Å². The van der Waals surface area contributed by atoms with Crippen molar-refractivity contribution >= 4 is 11.6 Å². The maximum atomic E-state index is 14.1. The van der Waals surface area contributed by atoms with E-state index >= 15 is 0 Å². The van der Waals surface area contributed by atoms with Gasteiger partial charge in [-0.05, 0) is 73.1 Å². The fourth-order valence-corrected chi connectivity index (χ4v) is 5.52. The lowest BCUT2D eigenvalue weighted by Gasteiger charge is -2.45. The number of ether oxygens (including phenoxy) is 1. The zero-order chi connectivity index (χ0) is 21.8. The van der Waals surface area contributed by atoms with Crippen LogP contribution >= 0.6 is 0 Å². The Balaban J connectivity index is 1.63. The van der Waals surface area contributed by atoms with Crippen LogP contribution < -0.4 is 5.73 Å². The van der Waals surface area contributed by atoms with Gasteiger partial charge in [0, 0.05) is 25.1 Å². The molecular formula is C24H25FN4O2. The van der Waals surface area contributed by atoms with Gasteiger partial charge in [0.15, 0.2) is 5.69 Å². The first-order chi connectivity index (χ1) is 14.9. The van der Waals surface area contributed by atoms with Crippen molar-refractivity contribution < 1.29 is 14.0 Å². The molecule has 2 spiro atoms. The molecule has 31 heavy (non-hydrogen) atoms. The second-order valence-corrected chi connectivity index (χ2v) is 8.78. The summed E-state index contributed by atoms with van der Waals surface area (Å²) < 4.78 is 19.7. The maximum absolute atomic E-state index is 14.1. The van der Waals surface area contributed by atoms with Gasteiger partial charge in [0.25, 0.3) is 0 Å². The second-order valence-electron chi connectivity index (χ2n) is 8.78. The normalized spacial score (nSPS) is 29.3. The largest absolute Gasteiger partial charge is 0.381 e. The van der Waals surface area contributed by atoms with Crippen molar-refractivity contribution in [3.8, 4) is 11.1 Å². The van der Waals surface area contributed by atoms with E-state index in [4.69, 9.17) is 26.9 Å². The molecule has 2 aromatic rings. The summed E-state index contributed by atoms with van der Waals surface area (Å²) >= 11 is 0. The summed E-state index contributed by atoms with van der Waals surface area (Å²) in [5.41, 5.74) is 9.00. The average Bonchev–Trinajstić information content (AvgIpc) is 3.21. The summed E-state index contributed by atoms with van der Waals surface area (Å²) in [6.07, 6.45) is 4.82. The van der Waals surface area contributed by atoms with Crippen LogP contribution in [0.25, 0.3) is 16.0 Å². The molecule has 160 valence electrons. The summed E-state index contributed by atoms with van der Waals surface area (Å²) in [5.74, 6) is -0.0697. The van der Waals surface area contributed by atoms with Crippen molar-refractivity contribution in [3.63, 3.8) is 0 Å². The molecule has 7 heteroatoms. The third kappa shape index (κ3) is 2.93. The van der Waals surface area contributed by atoms with E-state index < -0.39 is 11.5 Å². The van der Waals surface area contributed by atoms with Crippen molar-refractivity contribution in [2.24, 2.45) is 16.1 Å². The number of halogens is 1. The SMILES string of the molecule is [C-]#[N+]c1cc(F)cc(-c2ccc3c(c2)C2(N=C(N)N(C)O2)C2(CCC(OC)CC2)C3)c1. The highest BCUT2D eigenvalue weighted by atomic mass is 19.1. The van der Waals surface area contributed by atoms with Crippen molar-refractivity contribution in [1.29, 1.82) is 0 Å². The van der Waals surface area contributed by atoms with Gasteiger partial charge in [-0.2, -0.15) is 0 Å². The van der Waals surface area contributed by atoms with E-state index in [1.165, 1.54) is 17.7 Å². The van der Waals surface area contributed by atoms with Crippen LogP contribution in [0.2, 0.25) is 0 Å². The molecule has 5 rings (SSSR count). The first-order valence-electron chi connectivity index (χ1n) is 10.5. The molecule has 2 aromatic carbocycles. The Labute approximate surface area is 181 Å². The van der Waals surface area contributed by atoms with Crippen LogP contribution in [0, 0.1) is 17.8 Å². The highest BCUT2D eigenvalue weighted by Gasteiger charge is 2.63. The van der Waals surface area contributed by atoms with Crippen molar-refractivity contribution in [3.05, 3.63) is 64.8 Å². The Morgan fingerprint density at radius 1 is 1.23 bits per heavy atom. The van der Waals surface area contributed by atoms with Gasteiger partial charge < -0.3 is 10.5 Å². The van der Waals surface area contributed by atoms with Crippen LogP contribution in [0.5, 0.6) is 0 Å². The van der Waals surface area contributed by atoms with Crippen molar-refractivity contribution in [2.45, 2.75) is 43.9 Å². The first-order valence-corrected chi connectivity index (χ1v) is 10.5. The van der Waals surface area contributed by atoms with E-state index in [1.54, 1.807) is 25.3 Å². The van der Waals surface area contributed by atoms with Crippen LogP contribution in [0.15, 0.2) is 41.4 Å². The molecule has 2 N–H and O–H groups in total. The fraction of sp³-hybridized carbons (Fsp3) is 0.417. The minimum Gasteiger partial charge on any atom is -0.381 e. The molecule has 2 aliphatic carbocycles. The Morgan fingerprint density at radius 2 is 2.00 bits per heavy atom. The highest BCUT2D eigenvalue weighted by molar-refractivity contribution is 5.79. The molecule has 0 amide bonds. The first kappa shape index (κ1) is 20.0. The minimum absolute atomic E-state index is 0.206. The Kier molecular flexibility index (Phi) is 4.54. The number of hydrogen-bond donors (Lipinski definition) is 1. The molecule has 0 bridgehead atoms. The molecule has 1 saturated carbocycles. The molecule has 3 aliphatic rings. The van der Waals surface area contributed by atoms with Crippen LogP contribution in [-0.2, 0) is 21.7 Å². The number of nitrogens with two attached hydrogens (primary N) is 1. The number of hydrogen-bond acceptors (Lipinski definition) is 5. The lowest BCUT2D eigenvalue weighted by atomic mass is 9.66. The van der Waals surface area contributed by atoms with Gasteiger partial charge in [0.05, 0.1) is 12.7 Å². The number of nitrogens with zero attached hydrogens (tertiary/aromatic N) is 3. The van der Waals surface area contributed by atoms with Gasteiger partial charge in [0.2, 0.25) is 11.7 Å². The van der Waals surface area contributed by atoms with E-state index in [0.717, 1.165) is 43.2 Å². The van der Waals surface area contributed by atoms with E-state index in [0.29, 0.717) is 11.5 Å². The zero-order valence-electron chi connectivity index (χ0n) is 17.7. The van der Waals surface area contributed by atoms with Crippen LogP contribution in [0.1, 0.15) is 36.8 Å². The summed E-state index contributed by atoms with van der Waals surface area (Å²) in [6, 6.07) is 10.5. The number of methoxy groups -OCH3 is 1. The van der Waals surface area contributed by atoms with E-state index in [-0.39, 0.29) is 17.2 Å². The van der Waals surface area contributed by atoms with Crippen LogP contribution in [0.4, 0.5) is 10.1 Å². The molecule has 1 heterocycles. The van der Waals surface area contributed by atoms with Crippen LogP contribution in [0.3, 0.4) is 0 Å². The summed E-state index contributed by atoms with van der Waals surface area (Å²) in [7, 11) is 3.54. The van der Waals surface area contributed by atoms with Crippen LogP contribution in [-0.4, -0.2) is 31.3 Å². The molecule has 0 aromatic heterocycles. The molecule has 1 aliphatic heterocycles. The predicted octanol–water partition coefficient (Wildman–Crippen LogP) is 4.52. The molecule has 1 unspecified atom stereocenters. The van der Waals surface area contributed by atoms with Gasteiger partial charge in [-0.1, -0.05) is 12.1 Å². The van der Waals surface area contributed by atoms with E-state index in [9.17, 15) is 4.39 Å². The fourth-order valence-electron chi connectivity index (χ4n) is 5.52. The third-order valence-corrected chi connectivity index (χ3v) is 7.15. The van der Waals surface area contributed by atoms with Crippen molar-refractivity contribution in [2.75, 3.05) is 14.2 Å². The molecule has 1 atom stereocenters.